The molecule has 2 rings (SSSR count). The van der Waals surface area contributed by atoms with Gasteiger partial charge in [-0.25, -0.2) is 24.0 Å². The first kappa shape index (κ1) is 13.1. The number of nitrogens with zero attached hydrogens (tertiary/aromatic N) is 2. The summed E-state index contributed by atoms with van der Waals surface area (Å²) < 4.78 is 39.0. The van der Waals surface area contributed by atoms with Gasteiger partial charge in [0.15, 0.2) is 17.5 Å². The molecule has 1 aromatic carbocycles. The fourth-order valence-electron chi connectivity index (χ4n) is 1.40. The van der Waals surface area contributed by atoms with Gasteiger partial charge in [-0.3, -0.25) is 5.43 Å². The van der Waals surface area contributed by atoms with Crippen molar-refractivity contribution in [1.82, 2.24) is 9.97 Å². The number of nitrogens with one attached hydrogen (secondary N) is 2. The summed E-state index contributed by atoms with van der Waals surface area (Å²) in [5.74, 6) is 1.50. The second-order valence-corrected chi connectivity index (χ2v) is 3.75. The highest BCUT2D eigenvalue weighted by Crippen LogP contribution is 2.22. The standard InChI is InChI=1S/C11H10F3N5/c1-5-4-16-11(19-15)18-10(5)17-6-2-7(12)9(14)8(13)3-6/h2-4H,15H2,1H3,(H2,16,17,18,19). The lowest BCUT2D eigenvalue weighted by molar-refractivity contribution is 0.448. The fourth-order valence-corrected chi connectivity index (χ4v) is 1.40. The summed E-state index contributed by atoms with van der Waals surface area (Å²) >= 11 is 0. The summed E-state index contributed by atoms with van der Waals surface area (Å²) in [5, 5.41) is 2.66. The Hall–Kier alpha value is -2.35. The van der Waals surface area contributed by atoms with Gasteiger partial charge in [-0.1, -0.05) is 0 Å². The highest BCUT2D eigenvalue weighted by atomic mass is 19.2. The predicted molar refractivity (Wildman–Crippen MR) is 64.2 cm³/mol. The molecule has 1 heterocycles. The summed E-state index contributed by atoms with van der Waals surface area (Å²) in [7, 11) is 0. The quantitative estimate of drug-likeness (QED) is 0.452. The maximum atomic E-state index is 13.1. The van der Waals surface area contributed by atoms with Crippen LogP contribution in [0.25, 0.3) is 0 Å². The molecule has 0 saturated carbocycles. The minimum Gasteiger partial charge on any atom is -0.340 e. The molecule has 5 nitrogen and oxygen atoms in total. The number of nitrogens with two attached hydrogens (primary N) is 1. The Bertz CT molecular complexity index is 594. The molecule has 0 aliphatic rings. The Morgan fingerprint density at radius 3 is 2.37 bits per heavy atom. The molecule has 0 aliphatic carbocycles. The number of hydrazine groups is 1. The Morgan fingerprint density at radius 2 is 1.79 bits per heavy atom. The lowest BCUT2D eigenvalue weighted by atomic mass is 10.2. The van der Waals surface area contributed by atoms with E-state index in [9.17, 15) is 13.2 Å². The third-order valence-electron chi connectivity index (χ3n) is 2.35. The van der Waals surface area contributed by atoms with Crippen LogP contribution in [0.3, 0.4) is 0 Å². The van der Waals surface area contributed by atoms with Crippen LogP contribution < -0.4 is 16.6 Å². The van der Waals surface area contributed by atoms with Crippen LogP contribution in [0.4, 0.5) is 30.6 Å². The molecule has 0 fully saturated rings. The highest BCUT2D eigenvalue weighted by Gasteiger charge is 2.12. The van der Waals surface area contributed by atoms with E-state index in [0.29, 0.717) is 11.4 Å². The zero-order chi connectivity index (χ0) is 14.0. The van der Waals surface area contributed by atoms with Gasteiger partial charge in [0, 0.05) is 29.6 Å². The van der Waals surface area contributed by atoms with Crippen molar-refractivity contribution in [3.8, 4) is 0 Å². The minimum absolute atomic E-state index is 0.0289. The van der Waals surface area contributed by atoms with Crippen molar-refractivity contribution in [2.24, 2.45) is 5.84 Å². The molecular formula is C11H10F3N5. The van der Waals surface area contributed by atoms with E-state index in [2.05, 4.69) is 20.7 Å². The van der Waals surface area contributed by atoms with Crippen LogP contribution in [0, 0.1) is 24.4 Å². The number of benzene rings is 1. The van der Waals surface area contributed by atoms with Crippen LogP contribution in [0.1, 0.15) is 5.56 Å². The molecule has 0 spiro atoms. The number of hydrogen-bond donors (Lipinski definition) is 3. The number of aromatic nitrogens is 2. The van der Waals surface area contributed by atoms with Gasteiger partial charge in [-0.05, 0) is 6.92 Å². The van der Waals surface area contributed by atoms with Crippen molar-refractivity contribution in [3.63, 3.8) is 0 Å². The number of hydrogen-bond acceptors (Lipinski definition) is 5. The van der Waals surface area contributed by atoms with E-state index in [1.54, 1.807) is 6.92 Å². The van der Waals surface area contributed by atoms with E-state index < -0.39 is 17.5 Å². The van der Waals surface area contributed by atoms with Crippen molar-refractivity contribution < 1.29 is 13.2 Å². The third-order valence-corrected chi connectivity index (χ3v) is 2.35. The van der Waals surface area contributed by atoms with Crippen LogP contribution in [-0.4, -0.2) is 9.97 Å². The van der Waals surface area contributed by atoms with Gasteiger partial charge in [0.2, 0.25) is 5.95 Å². The second kappa shape index (κ2) is 5.11. The van der Waals surface area contributed by atoms with E-state index in [4.69, 9.17) is 5.84 Å². The molecule has 8 heteroatoms. The van der Waals surface area contributed by atoms with Crippen molar-refractivity contribution in [1.29, 1.82) is 0 Å². The van der Waals surface area contributed by atoms with E-state index in [1.807, 2.05) is 0 Å². The molecule has 2 aromatic rings. The predicted octanol–water partition coefficient (Wildman–Crippen LogP) is 2.23. The fraction of sp³-hybridized carbons (Fsp3) is 0.0909. The molecule has 0 unspecified atom stereocenters. The zero-order valence-electron chi connectivity index (χ0n) is 9.84. The second-order valence-electron chi connectivity index (χ2n) is 3.75. The van der Waals surface area contributed by atoms with Crippen LogP contribution in [0.5, 0.6) is 0 Å². The van der Waals surface area contributed by atoms with Gasteiger partial charge in [0.25, 0.3) is 0 Å². The van der Waals surface area contributed by atoms with Crippen molar-refractivity contribution in [2.75, 3.05) is 10.7 Å². The average Bonchev–Trinajstić information content (AvgIpc) is 2.38. The lowest BCUT2D eigenvalue weighted by Crippen LogP contribution is -2.11. The van der Waals surface area contributed by atoms with Gasteiger partial charge in [-0.2, -0.15) is 4.98 Å². The molecule has 100 valence electrons. The number of nitrogen functional groups attached to an aromatic ring is 1. The summed E-state index contributed by atoms with van der Waals surface area (Å²) in [6.45, 7) is 1.69. The maximum Gasteiger partial charge on any atom is 0.239 e. The zero-order valence-corrected chi connectivity index (χ0v) is 9.84. The smallest absolute Gasteiger partial charge is 0.239 e. The summed E-state index contributed by atoms with van der Waals surface area (Å²) in [4.78, 5) is 7.82. The Morgan fingerprint density at radius 1 is 1.16 bits per heavy atom. The van der Waals surface area contributed by atoms with Crippen molar-refractivity contribution in [3.05, 3.63) is 41.3 Å². The Labute approximate surface area is 106 Å². The molecule has 0 atom stereocenters. The van der Waals surface area contributed by atoms with Crippen LogP contribution in [0.15, 0.2) is 18.3 Å². The van der Waals surface area contributed by atoms with Crippen molar-refractivity contribution >= 4 is 17.5 Å². The first-order valence-electron chi connectivity index (χ1n) is 5.23. The van der Waals surface area contributed by atoms with E-state index >= 15 is 0 Å². The van der Waals surface area contributed by atoms with Gasteiger partial charge in [0.1, 0.15) is 5.82 Å². The summed E-state index contributed by atoms with van der Waals surface area (Å²) in [5.41, 5.74) is 2.90. The first-order valence-corrected chi connectivity index (χ1v) is 5.23. The SMILES string of the molecule is Cc1cnc(NN)nc1Nc1cc(F)c(F)c(F)c1. The van der Waals surface area contributed by atoms with Crippen molar-refractivity contribution in [2.45, 2.75) is 6.92 Å². The van der Waals surface area contributed by atoms with Crippen LogP contribution >= 0.6 is 0 Å². The summed E-state index contributed by atoms with van der Waals surface area (Å²) in [6, 6.07) is 1.66. The third kappa shape index (κ3) is 2.74. The molecule has 0 amide bonds. The first-order chi connectivity index (χ1) is 9.01. The monoisotopic (exact) mass is 269 g/mol. The number of rotatable bonds is 3. The van der Waals surface area contributed by atoms with Gasteiger partial charge in [-0.15, -0.1) is 0 Å². The maximum absolute atomic E-state index is 13.1. The normalized spacial score (nSPS) is 10.4. The average molecular weight is 269 g/mol. The topological polar surface area (TPSA) is 75.9 Å². The van der Waals surface area contributed by atoms with Crippen LogP contribution in [-0.2, 0) is 0 Å². The molecule has 4 N–H and O–H groups in total. The lowest BCUT2D eigenvalue weighted by Gasteiger charge is -2.10. The summed E-state index contributed by atoms with van der Waals surface area (Å²) in [6.07, 6.45) is 1.47. The van der Waals surface area contributed by atoms with Gasteiger partial charge in [0.05, 0.1) is 0 Å². The van der Waals surface area contributed by atoms with Gasteiger partial charge < -0.3 is 5.32 Å². The molecular weight excluding hydrogens is 259 g/mol. The largest absolute Gasteiger partial charge is 0.340 e. The van der Waals surface area contributed by atoms with E-state index in [0.717, 1.165) is 12.1 Å². The molecule has 0 saturated heterocycles. The minimum atomic E-state index is -1.52. The number of aryl methyl sites for hydroxylation is 1. The Kier molecular flexibility index (Phi) is 3.52. The number of halogens is 3. The van der Waals surface area contributed by atoms with Crippen LogP contribution in [0.2, 0.25) is 0 Å². The number of anilines is 3. The molecule has 0 aliphatic heterocycles. The molecule has 0 bridgehead atoms. The van der Waals surface area contributed by atoms with Gasteiger partial charge >= 0.3 is 0 Å². The van der Waals surface area contributed by atoms with E-state index in [1.165, 1.54) is 6.20 Å². The van der Waals surface area contributed by atoms with E-state index in [-0.39, 0.29) is 11.6 Å². The Balaban J connectivity index is 2.36. The highest BCUT2D eigenvalue weighted by molar-refractivity contribution is 5.60. The molecule has 0 radical (unpaired) electrons. The molecule has 19 heavy (non-hydrogen) atoms. The molecule has 1 aromatic heterocycles.